The van der Waals surface area contributed by atoms with Crippen molar-refractivity contribution >= 4 is 16.9 Å². The van der Waals surface area contributed by atoms with Crippen LogP contribution in [0.5, 0.6) is 5.75 Å². The molecule has 0 atom stereocenters. The molecular weight excluding hydrogens is 390 g/mol. The zero-order valence-electron chi connectivity index (χ0n) is 16.9. The summed E-state index contributed by atoms with van der Waals surface area (Å²) >= 11 is 0. The highest BCUT2D eigenvalue weighted by Gasteiger charge is 2.28. The Morgan fingerprint density at radius 1 is 1.27 bits per heavy atom. The Labute approximate surface area is 173 Å². The maximum atomic E-state index is 12.9. The number of hydrogen-bond acceptors (Lipinski definition) is 4. The summed E-state index contributed by atoms with van der Waals surface area (Å²) in [5.74, 6) is 0.377. The first-order valence-electron chi connectivity index (χ1n) is 10.1. The molecule has 2 aromatic heterocycles. The number of nitrogens with one attached hydrogen (secondary N) is 1. The zero-order chi connectivity index (χ0) is 21.3. The number of fused-ring (bicyclic) bond motifs is 1. The van der Waals surface area contributed by atoms with Crippen molar-refractivity contribution in [3.8, 4) is 5.75 Å². The van der Waals surface area contributed by atoms with Gasteiger partial charge in [0.05, 0.1) is 17.1 Å². The third-order valence-corrected chi connectivity index (χ3v) is 5.16. The largest absolute Gasteiger partial charge is 0.435 e. The third kappa shape index (κ3) is 4.42. The van der Waals surface area contributed by atoms with Crippen molar-refractivity contribution in [2.45, 2.75) is 51.7 Å². The number of hydrogen-bond donors (Lipinski definition) is 1. The molecule has 0 aliphatic heterocycles. The van der Waals surface area contributed by atoms with Crippen molar-refractivity contribution in [2.24, 2.45) is 0 Å². The highest BCUT2D eigenvalue weighted by atomic mass is 19.3. The van der Waals surface area contributed by atoms with Crippen LogP contribution in [0.4, 0.5) is 8.78 Å². The van der Waals surface area contributed by atoms with Gasteiger partial charge in [0.2, 0.25) is 0 Å². The van der Waals surface area contributed by atoms with Gasteiger partial charge in [-0.15, -0.1) is 0 Å². The number of pyridine rings is 1. The SMILES string of the molecule is CC(C)n1ncc2c(C(=O)NCCc3ccc(OC(F)F)cc3)cc(C3CC3)nc21. The van der Waals surface area contributed by atoms with Gasteiger partial charge in [0.15, 0.2) is 5.65 Å². The van der Waals surface area contributed by atoms with E-state index >= 15 is 0 Å². The lowest BCUT2D eigenvalue weighted by atomic mass is 10.1. The molecule has 1 aliphatic rings. The van der Waals surface area contributed by atoms with E-state index < -0.39 is 6.61 Å². The predicted octanol–water partition coefficient (Wildman–Crippen LogP) is 4.46. The van der Waals surface area contributed by atoms with E-state index in [1.807, 2.05) is 24.6 Å². The zero-order valence-corrected chi connectivity index (χ0v) is 16.9. The highest BCUT2D eigenvalue weighted by Crippen LogP contribution is 2.40. The number of halogens is 2. The van der Waals surface area contributed by atoms with E-state index in [0.717, 1.165) is 35.1 Å². The molecule has 3 aromatic rings. The number of carbonyl (C=O) groups excluding carboxylic acids is 1. The Morgan fingerprint density at radius 3 is 2.63 bits per heavy atom. The van der Waals surface area contributed by atoms with Crippen LogP contribution in [0.3, 0.4) is 0 Å². The first-order valence-corrected chi connectivity index (χ1v) is 10.1. The van der Waals surface area contributed by atoms with E-state index in [1.165, 1.54) is 12.1 Å². The molecule has 1 aromatic carbocycles. The molecular formula is C22H24F2N4O2. The molecule has 1 saturated carbocycles. The van der Waals surface area contributed by atoms with Gasteiger partial charge in [-0.25, -0.2) is 9.67 Å². The number of carbonyl (C=O) groups is 1. The van der Waals surface area contributed by atoms with Gasteiger partial charge < -0.3 is 10.1 Å². The molecule has 2 heterocycles. The first-order chi connectivity index (χ1) is 14.4. The van der Waals surface area contributed by atoms with Crippen LogP contribution in [0.2, 0.25) is 0 Å². The van der Waals surface area contributed by atoms with Gasteiger partial charge in [0, 0.05) is 24.2 Å². The van der Waals surface area contributed by atoms with Gasteiger partial charge in [-0.2, -0.15) is 13.9 Å². The number of amides is 1. The van der Waals surface area contributed by atoms with Gasteiger partial charge in [0.1, 0.15) is 5.75 Å². The van der Waals surface area contributed by atoms with E-state index in [9.17, 15) is 13.6 Å². The standard InChI is InChI=1S/C22H24F2N4O2/c1-13(2)28-20-18(12-26-28)17(11-19(27-20)15-5-6-15)21(29)25-10-9-14-3-7-16(8-4-14)30-22(23)24/h3-4,7-8,11-13,15,22H,5-6,9-10H2,1-2H3,(H,25,29). The molecule has 30 heavy (non-hydrogen) atoms. The predicted molar refractivity (Wildman–Crippen MR) is 109 cm³/mol. The first kappa shape index (κ1) is 20.3. The Kier molecular flexibility index (Phi) is 5.65. The second-order valence-electron chi connectivity index (χ2n) is 7.82. The molecule has 4 rings (SSSR count). The maximum absolute atomic E-state index is 12.9. The van der Waals surface area contributed by atoms with E-state index in [1.54, 1.807) is 18.3 Å². The number of nitrogens with zero attached hydrogens (tertiary/aromatic N) is 3. The molecule has 0 radical (unpaired) electrons. The van der Waals surface area contributed by atoms with Crippen molar-refractivity contribution in [3.63, 3.8) is 0 Å². The van der Waals surface area contributed by atoms with Crippen molar-refractivity contribution in [1.82, 2.24) is 20.1 Å². The molecule has 0 spiro atoms. The minimum Gasteiger partial charge on any atom is -0.435 e. The Bertz CT molecular complexity index is 1040. The summed E-state index contributed by atoms with van der Waals surface area (Å²) in [5.41, 5.74) is 3.21. The number of rotatable bonds is 8. The average Bonchev–Trinajstić information content (AvgIpc) is 3.46. The Hall–Kier alpha value is -3.03. The van der Waals surface area contributed by atoms with Gasteiger partial charge in [-0.1, -0.05) is 12.1 Å². The molecule has 0 saturated heterocycles. The van der Waals surface area contributed by atoms with Crippen LogP contribution in [0.1, 0.15) is 60.3 Å². The fourth-order valence-corrected chi connectivity index (χ4v) is 3.44. The lowest BCUT2D eigenvalue weighted by Crippen LogP contribution is -2.26. The summed E-state index contributed by atoms with van der Waals surface area (Å²) in [6.45, 7) is 1.66. The Morgan fingerprint density at radius 2 is 2.00 bits per heavy atom. The number of benzene rings is 1. The van der Waals surface area contributed by atoms with Gasteiger partial charge in [0.25, 0.3) is 5.91 Å². The molecule has 6 nitrogen and oxygen atoms in total. The van der Waals surface area contributed by atoms with Gasteiger partial charge in [-0.3, -0.25) is 4.79 Å². The summed E-state index contributed by atoms with van der Waals surface area (Å²) in [6.07, 6.45) is 4.48. The van der Waals surface area contributed by atoms with Crippen LogP contribution in [0.15, 0.2) is 36.5 Å². The molecule has 158 valence electrons. The van der Waals surface area contributed by atoms with E-state index in [2.05, 4.69) is 15.2 Å². The normalized spacial score (nSPS) is 13.9. The van der Waals surface area contributed by atoms with Crippen molar-refractivity contribution in [1.29, 1.82) is 0 Å². The third-order valence-electron chi connectivity index (χ3n) is 5.16. The lowest BCUT2D eigenvalue weighted by molar-refractivity contribution is -0.0498. The lowest BCUT2D eigenvalue weighted by Gasteiger charge is -2.11. The van der Waals surface area contributed by atoms with Crippen LogP contribution in [-0.4, -0.2) is 33.8 Å². The summed E-state index contributed by atoms with van der Waals surface area (Å²) in [7, 11) is 0. The molecule has 1 N–H and O–H groups in total. The van der Waals surface area contributed by atoms with Crippen molar-refractivity contribution in [3.05, 3.63) is 53.3 Å². The maximum Gasteiger partial charge on any atom is 0.387 e. The summed E-state index contributed by atoms with van der Waals surface area (Å²) < 4.78 is 30.7. The van der Waals surface area contributed by atoms with E-state index in [-0.39, 0.29) is 17.7 Å². The topological polar surface area (TPSA) is 69.0 Å². The molecule has 1 aliphatic carbocycles. The minimum absolute atomic E-state index is 0.117. The quantitative estimate of drug-likeness (QED) is 0.591. The highest BCUT2D eigenvalue weighted by molar-refractivity contribution is 6.05. The number of alkyl halides is 2. The van der Waals surface area contributed by atoms with Crippen molar-refractivity contribution in [2.75, 3.05) is 6.54 Å². The summed E-state index contributed by atoms with van der Waals surface area (Å²) in [4.78, 5) is 17.7. The number of ether oxygens (including phenoxy) is 1. The van der Waals surface area contributed by atoms with E-state index in [0.29, 0.717) is 24.4 Å². The van der Waals surface area contributed by atoms with Crippen LogP contribution < -0.4 is 10.1 Å². The summed E-state index contributed by atoms with van der Waals surface area (Å²) in [6, 6.07) is 8.46. The molecule has 1 fully saturated rings. The molecule has 0 unspecified atom stereocenters. The average molecular weight is 414 g/mol. The molecule has 1 amide bonds. The summed E-state index contributed by atoms with van der Waals surface area (Å²) in [5, 5.41) is 8.13. The van der Waals surface area contributed by atoms with Crippen molar-refractivity contribution < 1.29 is 18.3 Å². The van der Waals surface area contributed by atoms with Gasteiger partial charge in [-0.05, 0) is 56.9 Å². The van der Waals surface area contributed by atoms with Crippen LogP contribution in [0, 0.1) is 0 Å². The fourth-order valence-electron chi connectivity index (χ4n) is 3.44. The Balaban J connectivity index is 1.46. The number of aromatic nitrogens is 3. The monoisotopic (exact) mass is 414 g/mol. The van der Waals surface area contributed by atoms with Crippen LogP contribution in [-0.2, 0) is 6.42 Å². The second kappa shape index (κ2) is 8.38. The fraction of sp³-hybridized carbons (Fsp3) is 0.409. The van der Waals surface area contributed by atoms with Crippen LogP contribution in [0.25, 0.3) is 11.0 Å². The van der Waals surface area contributed by atoms with E-state index in [4.69, 9.17) is 4.98 Å². The van der Waals surface area contributed by atoms with Crippen LogP contribution >= 0.6 is 0 Å². The second-order valence-corrected chi connectivity index (χ2v) is 7.82. The molecule has 0 bridgehead atoms. The smallest absolute Gasteiger partial charge is 0.387 e. The molecule has 8 heteroatoms. The minimum atomic E-state index is -2.84. The van der Waals surface area contributed by atoms with Gasteiger partial charge >= 0.3 is 6.61 Å².